The number of benzene rings is 1. The van der Waals surface area contributed by atoms with Gasteiger partial charge in [0, 0.05) is 30.5 Å². The Kier molecular flexibility index (Phi) is 5.26. The number of ether oxygens (including phenoxy) is 1. The molecule has 1 aromatic carbocycles. The zero-order valence-electron chi connectivity index (χ0n) is 16.3. The Bertz CT molecular complexity index is 853. The SMILES string of the molecule is CO[C@@](C)(CNS(=O)(=O)C[C@@]12CC[C@@H](CC1=O)C2(C)C)c1cccc(Cl)c1. The second-order valence-electron chi connectivity index (χ2n) is 8.69. The molecule has 2 aliphatic rings. The fourth-order valence-corrected chi connectivity index (χ4v) is 6.95. The van der Waals surface area contributed by atoms with E-state index in [0.29, 0.717) is 17.9 Å². The summed E-state index contributed by atoms with van der Waals surface area (Å²) in [5.74, 6) is 0.229. The second kappa shape index (κ2) is 6.83. The van der Waals surface area contributed by atoms with E-state index in [9.17, 15) is 13.2 Å². The molecule has 0 amide bonds. The molecule has 1 aromatic rings. The van der Waals surface area contributed by atoms with Gasteiger partial charge in [-0.3, -0.25) is 4.79 Å². The van der Waals surface area contributed by atoms with E-state index in [2.05, 4.69) is 4.72 Å². The van der Waals surface area contributed by atoms with E-state index < -0.39 is 21.0 Å². The second-order valence-corrected chi connectivity index (χ2v) is 10.9. The van der Waals surface area contributed by atoms with E-state index in [4.69, 9.17) is 16.3 Å². The van der Waals surface area contributed by atoms with Crippen LogP contribution in [-0.4, -0.2) is 33.6 Å². The van der Waals surface area contributed by atoms with Crippen LogP contribution in [-0.2, 0) is 25.2 Å². The molecule has 2 saturated carbocycles. The number of Topliss-reactive ketones (excluding diaryl/α,β-unsaturated/α-hetero) is 1. The quantitative estimate of drug-likeness (QED) is 0.742. The first-order valence-corrected chi connectivity index (χ1v) is 11.3. The lowest BCUT2D eigenvalue weighted by molar-refractivity contribution is -0.128. The molecule has 2 fully saturated rings. The van der Waals surface area contributed by atoms with E-state index in [1.165, 1.54) is 0 Å². The number of carbonyl (C=O) groups excluding carboxylic acids is 1. The van der Waals surface area contributed by atoms with Crippen molar-refractivity contribution in [3.8, 4) is 0 Å². The molecule has 2 aliphatic carbocycles. The molecule has 0 spiro atoms. The van der Waals surface area contributed by atoms with Crippen molar-refractivity contribution in [2.24, 2.45) is 16.7 Å². The zero-order chi connectivity index (χ0) is 20.1. The first-order valence-electron chi connectivity index (χ1n) is 9.28. The van der Waals surface area contributed by atoms with Crippen molar-refractivity contribution in [2.75, 3.05) is 19.4 Å². The van der Waals surface area contributed by atoms with Crippen molar-refractivity contribution in [1.29, 1.82) is 0 Å². The summed E-state index contributed by atoms with van der Waals surface area (Å²) in [5, 5.41) is 0.563. The third-order valence-electron chi connectivity index (χ3n) is 7.09. The molecule has 0 unspecified atom stereocenters. The van der Waals surface area contributed by atoms with Gasteiger partial charge in [0.15, 0.2) is 0 Å². The molecule has 1 N–H and O–H groups in total. The number of carbonyl (C=O) groups is 1. The Labute approximate surface area is 166 Å². The number of nitrogens with one attached hydrogen (secondary N) is 1. The number of hydrogen-bond acceptors (Lipinski definition) is 4. The van der Waals surface area contributed by atoms with Crippen molar-refractivity contribution >= 4 is 27.4 Å². The van der Waals surface area contributed by atoms with Gasteiger partial charge in [0.05, 0.1) is 5.75 Å². The summed E-state index contributed by atoms with van der Waals surface area (Å²) in [6.07, 6.45) is 2.08. The smallest absolute Gasteiger partial charge is 0.212 e. The minimum absolute atomic E-state index is 0.0697. The van der Waals surface area contributed by atoms with Gasteiger partial charge in [-0.2, -0.15) is 0 Å². The van der Waals surface area contributed by atoms with Gasteiger partial charge in [0.25, 0.3) is 0 Å². The van der Waals surface area contributed by atoms with Crippen molar-refractivity contribution < 1.29 is 17.9 Å². The highest BCUT2D eigenvalue weighted by Crippen LogP contribution is 2.64. The monoisotopic (exact) mass is 413 g/mol. The van der Waals surface area contributed by atoms with Crippen LogP contribution in [0.2, 0.25) is 5.02 Å². The van der Waals surface area contributed by atoms with Crippen LogP contribution in [0.5, 0.6) is 0 Å². The summed E-state index contributed by atoms with van der Waals surface area (Å²) >= 11 is 6.07. The lowest BCUT2D eigenvalue weighted by Crippen LogP contribution is -2.48. The number of sulfonamides is 1. The first-order chi connectivity index (χ1) is 12.5. The summed E-state index contributed by atoms with van der Waals surface area (Å²) in [5.41, 5.74) is -1.13. The predicted molar refractivity (Wildman–Crippen MR) is 106 cm³/mol. The van der Waals surface area contributed by atoms with Gasteiger partial charge in [-0.1, -0.05) is 37.6 Å². The lowest BCUT2D eigenvalue weighted by Gasteiger charge is -2.36. The molecular weight excluding hydrogens is 386 g/mol. The normalized spacial score (nSPS) is 29.1. The Morgan fingerprint density at radius 1 is 1.37 bits per heavy atom. The molecule has 5 nitrogen and oxygen atoms in total. The summed E-state index contributed by atoms with van der Waals surface area (Å²) in [6, 6.07) is 7.19. The maximum Gasteiger partial charge on any atom is 0.212 e. The molecule has 0 heterocycles. The predicted octanol–water partition coefficient (Wildman–Crippen LogP) is 3.52. The van der Waals surface area contributed by atoms with E-state index >= 15 is 0 Å². The lowest BCUT2D eigenvalue weighted by atomic mass is 9.70. The molecular formula is C20H28ClNO4S. The first kappa shape index (κ1) is 20.8. The van der Waals surface area contributed by atoms with Gasteiger partial charge in [0.1, 0.15) is 11.4 Å². The van der Waals surface area contributed by atoms with Crippen LogP contribution < -0.4 is 4.72 Å². The molecule has 3 rings (SSSR count). The largest absolute Gasteiger partial charge is 0.372 e. The van der Waals surface area contributed by atoms with Crippen molar-refractivity contribution in [1.82, 2.24) is 4.72 Å². The Hall–Kier alpha value is -0.950. The molecule has 7 heteroatoms. The van der Waals surface area contributed by atoms with Crippen molar-refractivity contribution in [2.45, 2.75) is 45.6 Å². The number of hydrogen-bond donors (Lipinski definition) is 1. The fourth-order valence-electron chi connectivity index (χ4n) is 4.84. The van der Waals surface area contributed by atoms with Gasteiger partial charge >= 0.3 is 0 Å². The fraction of sp³-hybridized carbons (Fsp3) is 0.650. The van der Waals surface area contributed by atoms with E-state index in [-0.39, 0.29) is 29.4 Å². The Morgan fingerprint density at radius 3 is 2.59 bits per heavy atom. The van der Waals surface area contributed by atoms with Gasteiger partial charge in [0.2, 0.25) is 10.0 Å². The highest BCUT2D eigenvalue weighted by molar-refractivity contribution is 7.89. The Morgan fingerprint density at radius 2 is 2.07 bits per heavy atom. The molecule has 150 valence electrons. The van der Waals surface area contributed by atoms with Crippen LogP contribution >= 0.6 is 11.6 Å². The summed E-state index contributed by atoms with van der Waals surface area (Å²) in [4.78, 5) is 12.6. The summed E-state index contributed by atoms with van der Waals surface area (Å²) < 4.78 is 34.1. The number of fused-ring (bicyclic) bond motifs is 2. The van der Waals surface area contributed by atoms with E-state index in [0.717, 1.165) is 12.0 Å². The summed E-state index contributed by atoms with van der Waals surface area (Å²) in [7, 11) is -2.12. The minimum atomic E-state index is -3.66. The van der Waals surface area contributed by atoms with Crippen LogP contribution in [0.1, 0.15) is 45.6 Å². The average Bonchev–Trinajstić information content (AvgIpc) is 2.93. The standard InChI is InChI=1S/C20H28ClNO4S/c1-18(2)14-8-9-20(18,17(23)11-14)13-27(24,25)22-12-19(3,26-4)15-6-5-7-16(21)10-15/h5-7,10,14,22H,8-9,11-13H2,1-4H3/t14-,19-,20-/m0/s1. The van der Waals surface area contributed by atoms with Crippen LogP contribution in [0.3, 0.4) is 0 Å². The molecule has 3 atom stereocenters. The maximum absolute atomic E-state index is 12.9. The molecule has 0 aromatic heterocycles. The topological polar surface area (TPSA) is 72.5 Å². The van der Waals surface area contributed by atoms with Crippen molar-refractivity contribution in [3.63, 3.8) is 0 Å². The van der Waals surface area contributed by atoms with Crippen molar-refractivity contribution in [3.05, 3.63) is 34.9 Å². The highest BCUT2D eigenvalue weighted by atomic mass is 35.5. The third kappa shape index (κ3) is 3.46. The minimum Gasteiger partial charge on any atom is -0.372 e. The van der Waals surface area contributed by atoms with Crippen LogP contribution in [0.25, 0.3) is 0 Å². The number of halogens is 1. The Balaban J connectivity index is 1.78. The van der Waals surface area contributed by atoms with Crippen LogP contribution in [0, 0.1) is 16.7 Å². The van der Waals surface area contributed by atoms with Gasteiger partial charge in [-0.25, -0.2) is 13.1 Å². The van der Waals surface area contributed by atoms with Crippen LogP contribution in [0.4, 0.5) is 0 Å². The van der Waals surface area contributed by atoms with Gasteiger partial charge in [-0.05, 0) is 48.8 Å². The molecule has 0 aliphatic heterocycles. The number of rotatable bonds is 7. The number of methoxy groups -OCH3 is 1. The van der Waals surface area contributed by atoms with E-state index in [1.807, 2.05) is 26.8 Å². The van der Waals surface area contributed by atoms with Crippen LogP contribution in [0.15, 0.2) is 24.3 Å². The summed E-state index contributed by atoms with van der Waals surface area (Å²) in [6.45, 7) is 5.96. The molecule has 0 radical (unpaired) electrons. The number of ketones is 1. The van der Waals surface area contributed by atoms with E-state index in [1.54, 1.807) is 25.3 Å². The molecule has 2 bridgehead atoms. The zero-order valence-corrected chi connectivity index (χ0v) is 17.9. The third-order valence-corrected chi connectivity index (χ3v) is 8.78. The molecule has 27 heavy (non-hydrogen) atoms. The molecule has 0 saturated heterocycles. The maximum atomic E-state index is 12.9. The van der Waals surface area contributed by atoms with Gasteiger partial charge < -0.3 is 4.74 Å². The average molecular weight is 414 g/mol. The highest BCUT2D eigenvalue weighted by Gasteiger charge is 2.65. The van der Waals surface area contributed by atoms with Gasteiger partial charge in [-0.15, -0.1) is 0 Å².